The number of nitrogens with two attached hydrogens (primary N) is 1. The van der Waals surface area contributed by atoms with Gasteiger partial charge in [0.1, 0.15) is 6.10 Å². The molecule has 14 heavy (non-hydrogen) atoms. The molecule has 2 heterocycles. The monoisotopic (exact) mass is 194 g/mol. The molecule has 0 fully saturated rings. The van der Waals surface area contributed by atoms with Crippen molar-refractivity contribution >= 4 is 0 Å². The minimum Gasteiger partial charge on any atom is -0.385 e. The average Bonchev–Trinajstić information content (AvgIpc) is 2.62. The van der Waals surface area contributed by atoms with Crippen LogP contribution in [-0.2, 0) is 13.0 Å². The van der Waals surface area contributed by atoms with Crippen LogP contribution in [-0.4, -0.2) is 15.7 Å². The molecule has 0 bridgehead atoms. The fraction of sp³-hybridized carbons (Fsp3) is 0.636. The van der Waals surface area contributed by atoms with E-state index in [9.17, 15) is 5.11 Å². The SMILES string of the molecule is Cc1cc2n(c1C(O)C(C)N)CCC2. The first-order valence-corrected chi connectivity index (χ1v) is 5.24. The van der Waals surface area contributed by atoms with Crippen LogP contribution in [0.15, 0.2) is 6.07 Å². The van der Waals surface area contributed by atoms with Crippen molar-refractivity contribution in [2.24, 2.45) is 5.73 Å². The second kappa shape index (κ2) is 3.41. The molecule has 3 nitrogen and oxygen atoms in total. The highest BCUT2D eigenvalue weighted by Crippen LogP contribution is 2.28. The Morgan fingerprint density at radius 3 is 2.93 bits per heavy atom. The summed E-state index contributed by atoms with van der Waals surface area (Å²) in [6.45, 7) is 4.92. The van der Waals surface area contributed by atoms with E-state index in [-0.39, 0.29) is 6.04 Å². The molecule has 1 aliphatic heterocycles. The molecule has 0 amide bonds. The summed E-state index contributed by atoms with van der Waals surface area (Å²) in [5.74, 6) is 0. The van der Waals surface area contributed by atoms with E-state index in [2.05, 4.69) is 10.6 Å². The van der Waals surface area contributed by atoms with Gasteiger partial charge in [0.25, 0.3) is 0 Å². The van der Waals surface area contributed by atoms with Gasteiger partial charge in [0.05, 0.1) is 5.69 Å². The van der Waals surface area contributed by atoms with E-state index in [1.165, 1.54) is 17.7 Å². The molecule has 0 radical (unpaired) electrons. The van der Waals surface area contributed by atoms with E-state index >= 15 is 0 Å². The summed E-state index contributed by atoms with van der Waals surface area (Å²) in [6, 6.07) is 1.97. The summed E-state index contributed by atoms with van der Waals surface area (Å²) in [6.07, 6.45) is 1.79. The number of aliphatic hydroxyl groups is 1. The number of rotatable bonds is 2. The maximum Gasteiger partial charge on any atom is 0.109 e. The van der Waals surface area contributed by atoms with Gasteiger partial charge in [-0.15, -0.1) is 0 Å². The second-order valence-electron chi connectivity index (χ2n) is 4.26. The van der Waals surface area contributed by atoms with Crippen LogP contribution in [0, 0.1) is 6.92 Å². The molecule has 1 aliphatic rings. The number of fused-ring (bicyclic) bond motifs is 1. The van der Waals surface area contributed by atoms with Crippen LogP contribution < -0.4 is 5.73 Å². The number of hydrogen-bond acceptors (Lipinski definition) is 2. The Labute approximate surface area is 84.5 Å². The van der Waals surface area contributed by atoms with E-state index in [1.807, 2.05) is 13.8 Å². The third kappa shape index (κ3) is 1.37. The Morgan fingerprint density at radius 2 is 2.29 bits per heavy atom. The molecule has 0 spiro atoms. The van der Waals surface area contributed by atoms with Crippen molar-refractivity contribution in [3.05, 3.63) is 23.0 Å². The molecular formula is C11H18N2O. The van der Waals surface area contributed by atoms with Gasteiger partial charge in [-0.2, -0.15) is 0 Å². The topological polar surface area (TPSA) is 51.2 Å². The number of nitrogens with zero attached hydrogens (tertiary/aromatic N) is 1. The van der Waals surface area contributed by atoms with Crippen molar-refractivity contribution in [1.82, 2.24) is 4.57 Å². The summed E-state index contributed by atoms with van der Waals surface area (Å²) in [5.41, 5.74) is 9.26. The van der Waals surface area contributed by atoms with Gasteiger partial charge >= 0.3 is 0 Å². The van der Waals surface area contributed by atoms with Gasteiger partial charge in [0.2, 0.25) is 0 Å². The molecule has 1 aromatic heterocycles. The zero-order chi connectivity index (χ0) is 10.3. The summed E-state index contributed by atoms with van der Waals surface area (Å²) < 4.78 is 2.23. The van der Waals surface area contributed by atoms with Gasteiger partial charge in [0.15, 0.2) is 0 Å². The fourth-order valence-corrected chi connectivity index (χ4v) is 2.30. The largest absolute Gasteiger partial charge is 0.385 e. The van der Waals surface area contributed by atoms with Crippen LogP contribution in [0.4, 0.5) is 0 Å². The molecule has 0 saturated carbocycles. The first kappa shape index (κ1) is 9.74. The van der Waals surface area contributed by atoms with Crippen LogP contribution in [0.3, 0.4) is 0 Å². The second-order valence-corrected chi connectivity index (χ2v) is 4.26. The van der Waals surface area contributed by atoms with Crippen molar-refractivity contribution < 1.29 is 5.11 Å². The third-order valence-corrected chi connectivity index (χ3v) is 3.02. The van der Waals surface area contributed by atoms with Gasteiger partial charge in [-0.1, -0.05) is 0 Å². The number of aromatic nitrogens is 1. The lowest BCUT2D eigenvalue weighted by molar-refractivity contribution is 0.144. The predicted octanol–water partition coefficient (Wildman–Crippen LogP) is 1.12. The van der Waals surface area contributed by atoms with Gasteiger partial charge in [-0.05, 0) is 38.3 Å². The third-order valence-electron chi connectivity index (χ3n) is 3.02. The van der Waals surface area contributed by atoms with Crippen molar-refractivity contribution in [3.63, 3.8) is 0 Å². The molecule has 0 aromatic carbocycles. The van der Waals surface area contributed by atoms with Gasteiger partial charge < -0.3 is 15.4 Å². The van der Waals surface area contributed by atoms with Gasteiger partial charge in [-0.25, -0.2) is 0 Å². The molecule has 2 unspecified atom stereocenters. The normalized spacial score (nSPS) is 19.4. The molecular weight excluding hydrogens is 176 g/mol. The fourth-order valence-electron chi connectivity index (χ4n) is 2.30. The molecule has 0 aliphatic carbocycles. The van der Waals surface area contributed by atoms with E-state index in [0.717, 1.165) is 18.7 Å². The van der Waals surface area contributed by atoms with E-state index < -0.39 is 6.10 Å². The molecule has 3 N–H and O–H groups in total. The quantitative estimate of drug-likeness (QED) is 0.741. The zero-order valence-corrected chi connectivity index (χ0v) is 8.83. The van der Waals surface area contributed by atoms with Crippen molar-refractivity contribution in [2.75, 3.05) is 0 Å². The Morgan fingerprint density at radius 1 is 1.57 bits per heavy atom. The first-order valence-electron chi connectivity index (χ1n) is 5.24. The average molecular weight is 194 g/mol. The molecule has 2 rings (SSSR count). The lowest BCUT2D eigenvalue weighted by Gasteiger charge is -2.18. The minimum atomic E-state index is -0.526. The van der Waals surface area contributed by atoms with E-state index in [4.69, 9.17) is 5.73 Å². The van der Waals surface area contributed by atoms with Crippen LogP contribution >= 0.6 is 0 Å². The van der Waals surface area contributed by atoms with Crippen molar-refractivity contribution in [2.45, 2.75) is 45.4 Å². The maximum atomic E-state index is 9.99. The van der Waals surface area contributed by atoms with Crippen LogP contribution in [0.5, 0.6) is 0 Å². The highest BCUT2D eigenvalue weighted by Gasteiger charge is 2.24. The standard InChI is InChI=1S/C11H18N2O/c1-7-6-9-4-3-5-13(9)10(7)11(14)8(2)12/h6,8,11,14H,3-5,12H2,1-2H3. The molecule has 1 aromatic rings. The van der Waals surface area contributed by atoms with Crippen LogP contribution in [0.2, 0.25) is 0 Å². The van der Waals surface area contributed by atoms with Gasteiger partial charge in [0, 0.05) is 18.3 Å². The Hall–Kier alpha value is -0.800. The first-order chi connectivity index (χ1) is 6.61. The lowest BCUT2D eigenvalue weighted by atomic mass is 10.1. The molecule has 3 heteroatoms. The Balaban J connectivity index is 2.42. The van der Waals surface area contributed by atoms with Crippen molar-refractivity contribution in [3.8, 4) is 0 Å². The smallest absolute Gasteiger partial charge is 0.109 e. The molecule has 78 valence electrons. The maximum absolute atomic E-state index is 9.99. The summed E-state index contributed by atoms with van der Waals surface area (Å²) in [7, 11) is 0. The van der Waals surface area contributed by atoms with E-state index in [0.29, 0.717) is 0 Å². The minimum absolute atomic E-state index is 0.201. The summed E-state index contributed by atoms with van der Waals surface area (Å²) in [4.78, 5) is 0. The zero-order valence-electron chi connectivity index (χ0n) is 8.83. The Bertz CT molecular complexity index is 341. The summed E-state index contributed by atoms with van der Waals surface area (Å²) >= 11 is 0. The Kier molecular flexibility index (Phi) is 2.37. The van der Waals surface area contributed by atoms with E-state index in [1.54, 1.807) is 0 Å². The lowest BCUT2D eigenvalue weighted by Crippen LogP contribution is -2.26. The van der Waals surface area contributed by atoms with Crippen molar-refractivity contribution in [1.29, 1.82) is 0 Å². The predicted molar refractivity (Wildman–Crippen MR) is 56.1 cm³/mol. The number of aliphatic hydroxyl groups excluding tert-OH is 1. The molecule has 2 atom stereocenters. The molecule has 0 saturated heterocycles. The van der Waals surface area contributed by atoms with Crippen LogP contribution in [0.1, 0.15) is 36.4 Å². The highest BCUT2D eigenvalue weighted by molar-refractivity contribution is 5.31. The van der Waals surface area contributed by atoms with Gasteiger partial charge in [-0.3, -0.25) is 0 Å². The highest BCUT2D eigenvalue weighted by atomic mass is 16.3. The van der Waals surface area contributed by atoms with Crippen LogP contribution in [0.25, 0.3) is 0 Å². The number of hydrogen-bond donors (Lipinski definition) is 2. The summed E-state index contributed by atoms with van der Waals surface area (Å²) in [5, 5.41) is 9.99. The number of aryl methyl sites for hydroxylation is 2.